The van der Waals surface area contributed by atoms with Crippen molar-refractivity contribution in [3.63, 3.8) is 0 Å². The van der Waals surface area contributed by atoms with Crippen molar-refractivity contribution in [3.8, 4) is 5.75 Å². The first-order chi connectivity index (χ1) is 23.1. The summed E-state index contributed by atoms with van der Waals surface area (Å²) in [6.07, 6.45) is -4.53. The topological polar surface area (TPSA) is 208 Å². The number of hydrogen-bond acceptors (Lipinski definition) is 14. The third-order valence-electron chi connectivity index (χ3n) is 7.61. The molecule has 0 aromatic heterocycles. The number of phenolic OH excluding ortho intramolecular Hbond substituents is 1. The van der Waals surface area contributed by atoms with Crippen LogP contribution in [0.5, 0.6) is 5.75 Å². The summed E-state index contributed by atoms with van der Waals surface area (Å²) in [5.41, 5.74) is 1.56. The fourth-order valence-electron chi connectivity index (χ4n) is 4.99. The Hall–Kier alpha value is -4.57. The number of ether oxygens (including phenoxy) is 6. The molecular formula is C34H38O14. The number of methoxy groups -OCH3 is 1. The zero-order valence-electron chi connectivity index (χ0n) is 26.0. The smallest absolute Gasteiger partial charge is 0.337 e. The van der Waals surface area contributed by atoms with Crippen molar-refractivity contribution in [3.05, 3.63) is 95.3 Å². The Morgan fingerprint density at radius 3 is 2.35 bits per heavy atom. The van der Waals surface area contributed by atoms with Gasteiger partial charge in [-0.25, -0.2) is 9.59 Å². The fourth-order valence-corrected chi connectivity index (χ4v) is 4.99. The van der Waals surface area contributed by atoms with Gasteiger partial charge in [-0.2, -0.15) is 0 Å². The lowest BCUT2D eigenvalue weighted by Crippen LogP contribution is -2.60. The van der Waals surface area contributed by atoms with Gasteiger partial charge in [-0.05, 0) is 35.4 Å². The molecule has 14 nitrogen and oxygen atoms in total. The molecule has 5 N–H and O–H groups in total. The first-order valence-electron chi connectivity index (χ1n) is 15.0. The maximum Gasteiger partial charge on any atom is 0.337 e. The normalized spacial score (nSPS) is 26.4. The van der Waals surface area contributed by atoms with E-state index in [1.54, 1.807) is 42.5 Å². The lowest BCUT2D eigenvalue weighted by molar-refractivity contribution is -0.327. The van der Waals surface area contributed by atoms with E-state index >= 15 is 0 Å². The van der Waals surface area contributed by atoms with E-state index in [0.29, 0.717) is 6.42 Å². The standard InChI is InChI=1S/C34H38O14/c1-43-32(42)25-19-46-33(48-34-31(41)30(40)29(39)26(18-35)47-34)23(14-16-44-27(37)12-9-20-5-3-2-4-6-20)24(25)17-28(38)45-15-13-21-7-10-22(36)11-8-21/h2-12,14,19,24,26,29-31,33-36,39-41H,13,15-18H2,1H3/b12-9+,23-14-/t24-,26-,29-,30+,31-,33-,34+/m1/s1. The molecule has 7 atom stereocenters. The van der Waals surface area contributed by atoms with E-state index in [2.05, 4.69) is 0 Å². The van der Waals surface area contributed by atoms with Crippen molar-refractivity contribution in [1.29, 1.82) is 0 Å². The largest absolute Gasteiger partial charge is 0.508 e. The predicted molar refractivity (Wildman–Crippen MR) is 165 cm³/mol. The van der Waals surface area contributed by atoms with Gasteiger partial charge in [-0.3, -0.25) is 4.79 Å². The fraction of sp³-hybridized carbons (Fsp3) is 0.382. The van der Waals surface area contributed by atoms with Crippen LogP contribution >= 0.6 is 0 Å². The molecule has 2 aromatic rings. The number of aliphatic hydroxyl groups is 4. The van der Waals surface area contributed by atoms with Gasteiger partial charge in [0.05, 0.1) is 38.6 Å². The average Bonchev–Trinajstić information content (AvgIpc) is 3.09. The van der Waals surface area contributed by atoms with Crippen molar-refractivity contribution in [2.75, 3.05) is 26.9 Å². The van der Waals surface area contributed by atoms with E-state index in [1.165, 1.54) is 24.3 Å². The summed E-state index contributed by atoms with van der Waals surface area (Å²) >= 11 is 0. The molecule has 1 saturated heterocycles. The molecule has 0 bridgehead atoms. The van der Waals surface area contributed by atoms with Crippen molar-refractivity contribution >= 4 is 24.0 Å². The van der Waals surface area contributed by atoms with Gasteiger partial charge in [0.2, 0.25) is 6.29 Å². The molecule has 258 valence electrons. The molecule has 0 spiro atoms. The Balaban J connectivity index is 1.55. The number of carbonyl (C=O) groups excluding carboxylic acids is 3. The van der Waals surface area contributed by atoms with Crippen molar-refractivity contribution in [1.82, 2.24) is 0 Å². The molecule has 0 radical (unpaired) electrons. The first-order valence-corrected chi connectivity index (χ1v) is 15.0. The van der Waals surface area contributed by atoms with Crippen molar-refractivity contribution in [2.24, 2.45) is 5.92 Å². The van der Waals surface area contributed by atoms with Gasteiger partial charge in [-0.1, -0.05) is 42.5 Å². The van der Waals surface area contributed by atoms with Crippen molar-refractivity contribution < 1.29 is 68.3 Å². The second-order valence-electron chi connectivity index (χ2n) is 10.8. The van der Waals surface area contributed by atoms with Crippen LogP contribution in [0.15, 0.2) is 84.2 Å². The van der Waals surface area contributed by atoms with E-state index in [9.17, 15) is 39.9 Å². The summed E-state index contributed by atoms with van der Waals surface area (Å²) in [4.78, 5) is 38.3. The Labute approximate surface area is 276 Å². The van der Waals surface area contributed by atoms with E-state index in [-0.39, 0.29) is 30.1 Å². The number of aromatic hydroxyl groups is 1. The van der Waals surface area contributed by atoms with Crippen LogP contribution in [0.2, 0.25) is 0 Å². The van der Waals surface area contributed by atoms with Gasteiger partial charge >= 0.3 is 17.9 Å². The molecule has 0 saturated carbocycles. The van der Waals surface area contributed by atoms with Crippen LogP contribution in [0.3, 0.4) is 0 Å². The molecular weight excluding hydrogens is 632 g/mol. The average molecular weight is 671 g/mol. The summed E-state index contributed by atoms with van der Waals surface area (Å²) in [5.74, 6) is -3.25. The highest BCUT2D eigenvalue weighted by Crippen LogP contribution is 2.36. The SMILES string of the molecule is COC(=O)C1=CO[C@H](O[C@@H]2O[C@H](CO)[C@@H](O)[C@H](O)[C@H]2O)/C(=C\COC(=O)/C=C/c2ccccc2)[C@H]1CC(=O)OCCc1ccc(O)cc1. The molecule has 0 amide bonds. The molecule has 2 aromatic carbocycles. The van der Waals surface area contributed by atoms with Gasteiger partial charge in [0, 0.05) is 24.0 Å². The number of benzene rings is 2. The van der Waals surface area contributed by atoms with Gasteiger partial charge in [0.1, 0.15) is 36.8 Å². The van der Waals surface area contributed by atoms with Gasteiger partial charge in [-0.15, -0.1) is 0 Å². The van der Waals surface area contributed by atoms with E-state index in [4.69, 9.17) is 28.4 Å². The Bertz CT molecular complexity index is 1470. The highest BCUT2D eigenvalue weighted by Gasteiger charge is 2.47. The van der Waals surface area contributed by atoms with E-state index in [1.807, 2.05) is 6.07 Å². The number of carbonyl (C=O) groups is 3. The molecule has 48 heavy (non-hydrogen) atoms. The van der Waals surface area contributed by atoms with Crippen LogP contribution < -0.4 is 0 Å². The maximum atomic E-state index is 13.1. The number of esters is 3. The number of aliphatic hydroxyl groups excluding tert-OH is 4. The highest BCUT2D eigenvalue weighted by molar-refractivity contribution is 5.91. The van der Waals surface area contributed by atoms with Crippen LogP contribution in [0.4, 0.5) is 0 Å². The molecule has 2 aliphatic heterocycles. The van der Waals surface area contributed by atoms with Crippen LogP contribution in [-0.4, -0.2) is 107 Å². The maximum absolute atomic E-state index is 13.1. The molecule has 0 aliphatic carbocycles. The van der Waals surface area contributed by atoms with Crippen LogP contribution in [-0.2, 0) is 49.2 Å². The lowest BCUT2D eigenvalue weighted by atomic mass is 9.86. The van der Waals surface area contributed by atoms with Crippen LogP contribution in [0.25, 0.3) is 6.08 Å². The summed E-state index contributed by atoms with van der Waals surface area (Å²) in [5, 5.41) is 50.1. The second-order valence-corrected chi connectivity index (χ2v) is 10.8. The summed E-state index contributed by atoms with van der Waals surface area (Å²) in [7, 11) is 1.14. The van der Waals surface area contributed by atoms with Crippen LogP contribution in [0.1, 0.15) is 17.5 Å². The highest BCUT2D eigenvalue weighted by atomic mass is 16.8. The van der Waals surface area contributed by atoms with Gasteiger partial charge < -0.3 is 54.0 Å². The molecule has 1 fully saturated rings. The monoisotopic (exact) mass is 670 g/mol. The molecule has 14 heteroatoms. The minimum Gasteiger partial charge on any atom is -0.508 e. The molecule has 4 rings (SSSR count). The summed E-state index contributed by atoms with van der Waals surface area (Å²) in [6, 6.07) is 15.4. The van der Waals surface area contributed by atoms with E-state index < -0.39 is 73.8 Å². The van der Waals surface area contributed by atoms with Crippen LogP contribution in [0, 0.1) is 5.92 Å². The minimum absolute atomic E-state index is 0.0146. The van der Waals surface area contributed by atoms with Crippen molar-refractivity contribution in [2.45, 2.75) is 49.8 Å². The molecule has 0 unspecified atom stereocenters. The zero-order valence-corrected chi connectivity index (χ0v) is 26.0. The molecule has 2 heterocycles. The Morgan fingerprint density at radius 1 is 0.938 bits per heavy atom. The Kier molecular flexibility index (Phi) is 13.3. The van der Waals surface area contributed by atoms with Gasteiger partial charge in [0.25, 0.3) is 0 Å². The number of rotatable bonds is 13. The number of phenols is 1. The quantitative estimate of drug-likeness (QED) is 0.0869. The predicted octanol–water partition coefficient (Wildman–Crippen LogP) is 0.897. The third-order valence-corrected chi connectivity index (χ3v) is 7.61. The third kappa shape index (κ3) is 9.73. The second kappa shape index (κ2) is 17.5. The summed E-state index contributed by atoms with van der Waals surface area (Å²) in [6.45, 7) is -1.10. The first kappa shape index (κ1) is 36.3. The van der Waals surface area contributed by atoms with Gasteiger partial charge in [0.15, 0.2) is 6.29 Å². The Morgan fingerprint density at radius 2 is 1.67 bits per heavy atom. The lowest BCUT2D eigenvalue weighted by Gasteiger charge is -2.42. The van der Waals surface area contributed by atoms with E-state index in [0.717, 1.165) is 24.5 Å². The minimum atomic E-state index is -1.79. The summed E-state index contributed by atoms with van der Waals surface area (Å²) < 4.78 is 32.6. The molecule has 2 aliphatic rings. The number of hydrogen-bond donors (Lipinski definition) is 5. The zero-order chi connectivity index (χ0) is 34.6.